The molecule has 0 saturated heterocycles. The van der Waals surface area contributed by atoms with Crippen molar-refractivity contribution in [3.05, 3.63) is 23.8 Å². The molecule has 0 aliphatic heterocycles. The monoisotopic (exact) mass is 250 g/mol. The lowest BCUT2D eigenvalue weighted by atomic mass is 10.2. The quantitative estimate of drug-likeness (QED) is 0.721. The molecule has 18 heavy (non-hydrogen) atoms. The normalized spacial score (nSPS) is 15.1. The molecule has 0 spiro atoms. The average molecular weight is 250 g/mol. The smallest absolute Gasteiger partial charge is 0.160 e. The van der Waals surface area contributed by atoms with Crippen LogP contribution in [0.1, 0.15) is 18.4 Å². The third kappa shape index (κ3) is 3.62. The Morgan fingerprint density at radius 2 is 2.22 bits per heavy atom. The Bertz CT molecular complexity index is 391. The van der Waals surface area contributed by atoms with E-state index in [1.807, 2.05) is 6.07 Å². The number of phenols is 1. The summed E-state index contributed by atoms with van der Waals surface area (Å²) >= 11 is 0. The summed E-state index contributed by atoms with van der Waals surface area (Å²) in [4.78, 5) is 2.40. The minimum absolute atomic E-state index is 0.201. The number of aromatic hydroxyl groups is 1. The first kappa shape index (κ1) is 13.2. The molecule has 1 aromatic rings. The van der Waals surface area contributed by atoms with Gasteiger partial charge < -0.3 is 20.1 Å². The zero-order valence-corrected chi connectivity index (χ0v) is 11.1. The van der Waals surface area contributed by atoms with Gasteiger partial charge in [0.15, 0.2) is 11.5 Å². The van der Waals surface area contributed by atoms with E-state index in [0.717, 1.165) is 31.2 Å². The van der Waals surface area contributed by atoms with Crippen LogP contribution in [0.2, 0.25) is 0 Å². The molecule has 0 atom stereocenters. The van der Waals surface area contributed by atoms with Gasteiger partial charge in [0.05, 0.1) is 7.11 Å². The van der Waals surface area contributed by atoms with Crippen molar-refractivity contribution in [2.75, 3.05) is 27.2 Å². The van der Waals surface area contributed by atoms with Gasteiger partial charge in [0.2, 0.25) is 0 Å². The van der Waals surface area contributed by atoms with Crippen molar-refractivity contribution in [2.45, 2.75) is 25.4 Å². The largest absolute Gasteiger partial charge is 0.504 e. The minimum atomic E-state index is 0.201. The summed E-state index contributed by atoms with van der Waals surface area (Å²) in [6.45, 7) is 2.82. The Hall–Kier alpha value is -1.26. The topological polar surface area (TPSA) is 44.7 Å². The molecule has 1 fully saturated rings. The molecule has 0 unspecified atom stereocenters. The van der Waals surface area contributed by atoms with Gasteiger partial charge in [0.1, 0.15) is 0 Å². The number of methoxy groups -OCH3 is 1. The van der Waals surface area contributed by atoms with Crippen LogP contribution in [0.3, 0.4) is 0 Å². The summed E-state index contributed by atoms with van der Waals surface area (Å²) < 4.78 is 5.01. The van der Waals surface area contributed by atoms with E-state index < -0.39 is 0 Å². The van der Waals surface area contributed by atoms with E-state index in [9.17, 15) is 5.11 Å². The molecule has 1 saturated carbocycles. The van der Waals surface area contributed by atoms with Crippen LogP contribution in [0.15, 0.2) is 18.2 Å². The highest BCUT2D eigenvalue weighted by atomic mass is 16.5. The van der Waals surface area contributed by atoms with Gasteiger partial charge in [-0.1, -0.05) is 6.07 Å². The molecule has 0 radical (unpaired) electrons. The van der Waals surface area contributed by atoms with E-state index in [-0.39, 0.29) is 5.75 Å². The molecular weight excluding hydrogens is 228 g/mol. The first-order chi connectivity index (χ1) is 8.70. The highest BCUT2D eigenvalue weighted by Crippen LogP contribution is 2.26. The van der Waals surface area contributed by atoms with E-state index in [1.54, 1.807) is 19.2 Å². The number of hydrogen-bond donors (Lipinski definition) is 2. The molecule has 0 heterocycles. The lowest BCUT2D eigenvalue weighted by Gasteiger charge is -2.15. The second kappa shape index (κ2) is 6.07. The summed E-state index contributed by atoms with van der Waals surface area (Å²) in [7, 11) is 3.74. The van der Waals surface area contributed by atoms with Crippen LogP contribution in [0.25, 0.3) is 0 Å². The fourth-order valence-electron chi connectivity index (χ4n) is 2.03. The standard InChI is InChI=1S/C14H22N2O2/c1-16(12-4-5-12)8-7-15-10-11-3-6-14(18-2)13(17)9-11/h3,6,9,12,15,17H,4-5,7-8,10H2,1-2H3. The summed E-state index contributed by atoms with van der Waals surface area (Å²) in [5, 5.41) is 13.0. The van der Waals surface area contributed by atoms with E-state index in [2.05, 4.69) is 17.3 Å². The van der Waals surface area contributed by atoms with E-state index >= 15 is 0 Å². The third-order valence-corrected chi connectivity index (χ3v) is 3.38. The average Bonchev–Trinajstić information content (AvgIpc) is 3.19. The summed E-state index contributed by atoms with van der Waals surface area (Å²) in [5.74, 6) is 0.721. The van der Waals surface area contributed by atoms with Crippen molar-refractivity contribution in [1.82, 2.24) is 10.2 Å². The Labute approximate surface area is 109 Å². The van der Waals surface area contributed by atoms with Crippen molar-refractivity contribution in [2.24, 2.45) is 0 Å². The molecule has 1 aliphatic carbocycles. The van der Waals surface area contributed by atoms with Crippen molar-refractivity contribution < 1.29 is 9.84 Å². The third-order valence-electron chi connectivity index (χ3n) is 3.38. The number of ether oxygens (including phenoxy) is 1. The first-order valence-corrected chi connectivity index (χ1v) is 6.47. The van der Waals surface area contributed by atoms with Gasteiger partial charge in [0.25, 0.3) is 0 Å². The molecule has 2 N–H and O–H groups in total. The SMILES string of the molecule is COc1ccc(CNCCN(C)C2CC2)cc1O. The predicted octanol–water partition coefficient (Wildman–Crippen LogP) is 1.58. The summed E-state index contributed by atoms with van der Waals surface area (Å²) in [6, 6.07) is 6.33. The lowest BCUT2D eigenvalue weighted by Crippen LogP contribution is -2.30. The number of nitrogens with zero attached hydrogens (tertiary/aromatic N) is 1. The van der Waals surface area contributed by atoms with Crippen LogP contribution in [-0.4, -0.2) is 43.3 Å². The van der Waals surface area contributed by atoms with Crippen LogP contribution in [-0.2, 0) is 6.54 Å². The van der Waals surface area contributed by atoms with Crippen LogP contribution < -0.4 is 10.1 Å². The predicted molar refractivity (Wildman–Crippen MR) is 72.0 cm³/mol. The van der Waals surface area contributed by atoms with Crippen LogP contribution in [0.5, 0.6) is 11.5 Å². The van der Waals surface area contributed by atoms with Crippen molar-refractivity contribution in [3.8, 4) is 11.5 Å². The first-order valence-electron chi connectivity index (χ1n) is 6.47. The number of hydrogen-bond acceptors (Lipinski definition) is 4. The maximum absolute atomic E-state index is 9.66. The van der Waals surface area contributed by atoms with Crippen molar-refractivity contribution in [1.29, 1.82) is 0 Å². The molecule has 4 nitrogen and oxygen atoms in total. The minimum Gasteiger partial charge on any atom is -0.504 e. The van der Waals surface area contributed by atoms with Gasteiger partial charge in [-0.2, -0.15) is 0 Å². The number of nitrogens with one attached hydrogen (secondary N) is 1. The van der Waals surface area contributed by atoms with Gasteiger partial charge >= 0.3 is 0 Å². The molecule has 0 amide bonds. The van der Waals surface area contributed by atoms with Crippen LogP contribution >= 0.6 is 0 Å². The second-order valence-corrected chi connectivity index (χ2v) is 4.89. The molecule has 1 aliphatic rings. The molecule has 0 aromatic heterocycles. The zero-order valence-electron chi connectivity index (χ0n) is 11.1. The molecule has 0 bridgehead atoms. The maximum Gasteiger partial charge on any atom is 0.160 e. The molecule has 2 rings (SSSR count). The summed E-state index contributed by atoms with van der Waals surface area (Å²) in [5.41, 5.74) is 1.07. The van der Waals surface area contributed by atoms with Crippen LogP contribution in [0.4, 0.5) is 0 Å². The number of likely N-dealkylation sites (N-methyl/N-ethyl adjacent to an activating group) is 1. The highest BCUT2D eigenvalue weighted by molar-refractivity contribution is 5.41. The Kier molecular flexibility index (Phi) is 4.44. The van der Waals surface area contributed by atoms with Gasteiger partial charge in [-0.25, -0.2) is 0 Å². The zero-order chi connectivity index (χ0) is 13.0. The fourth-order valence-corrected chi connectivity index (χ4v) is 2.03. The molecule has 100 valence electrons. The summed E-state index contributed by atoms with van der Waals surface area (Å²) in [6.07, 6.45) is 2.70. The van der Waals surface area contributed by atoms with E-state index in [4.69, 9.17) is 4.74 Å². The van der Waals surface area contributed by atoms with Crippen molar-refractivity contribution >= 4 is 0 Å². The number of rotatable bonds is 7. The lowest BCUT2D eigenvalue weighted by molar-refractivity contribution is 0.321. The Morgan fingerprint density at radius 1 is 1.44 bits per heavy atom. The maximum atomic E-state index is 9.66. The van der Waals surface area contributed by atoms with Crippen molar-refractivity contribution in [3.63, 3.8) is 0 Å². The highest BCUT2D eigenvalue weighted by Gasteiger charge is 2.25. The van der Waals surface area contributed by atoms with Crippen LogP contribution in [0, 0.1) is 0 Å². The number of phenolic OH excluding ortho intramolecular Hbond substituents is 1. The van der Waals surface area contributed by atoms with E-state index in [0.29, 0.717) is 5.75 Å². The van der Waals surface area contributed by atoms with E-state index in [1.165, 1.54) is 12.8 Å². The fraction of sp³-hybridized carbons (Fsp3) is 0.571. The molecular formula is C14H22N2O2. The Morgan fingerprint density at radius 3 is 2.83 bits per heavy atom. The van der Waals surface area contributed by atoms with Gasteiger partial charge in [-0.05, 0) is 37.6 Å². The number of benzene rings is 1. The van der Waals surface area contributed by atoms with Gasteiger partial charge in [-0.3, -0.25) is 0 Å². The molecule has 4 heteroatoms. The second-order valence-electron chi connectivity index (χ2n) is 4.89. The molecule has 1 aromatic carbocycles. The van der Waals surface area contributed by atoms with Gasteiger partial charge in [-0.15, -0.1) is 0 Å². The Balaban J connectivity index is 1.71. The van der Waals surface area contributed by atoms with Gasteiger partial charge in [0, 0.05) is 25.7 Å².